The molecule has 1 saturated heterocycles. The van der Waals surface area contributed by atoms with Crippen LogP contribution in [0.4, 0.5) is 0 Å². The van der Waals surface area contributed by atoms with Crippen LogP contribution in [0.25, 0.3) is 0 Å². The van der Waals surface area contributed by atoms with E-state index in [1.54, 1.807) is 0 Å². The Morgan fingerprint density at radius 3 is 3.05 bits per heavy atom. The Balaban J connectivity index is 1.83. The number of carbonyl (C=O) groups excluding carboxylic acids is 1. The average Bonchev–Trinajstić information content (AvgIpc) is 2.94. The Bertz CT molecular complexity index is 473. The van der Waals surface area contributed by atoms with Gasteiger partial charge in [0.2, 0.25) is 5.91 Å². The van der Waals surface area contributed by atoms with E-state index in [0.29, 0.717) is 11.6 Å². The van der Waals surface area contributed by atoms with Crippen molar-refractivity contribution in [3.05, 3.63) is 11.9 Å². The number of carboxylic acids is 1. The van der Waals surface area contributed by atoms with Gasteiger partial charge in [-0.2, -0.15) is 0 Å². The molecule has 0 radical (unpaired) electrons. The van der Waals surface area contributed by atoms with Gasteiger partial charge in [-0.1, -0.05) is 12.1 Å². The Hall–Kier alpha value is -1.96. The molecule has 2 atom stereocenters. The maximum absolute atomic E-state index is 11.9. The van der Waals surface area contributed by atoms with E-state index in [9.17, 15) is 9.59 Å². The van der Waals surface area contributed by atoms with E-state index in [4.69, 9.17) is 5.11 Å². The summed E-state index contributed by atoms with van der Waals surface area (Å²) in [5, 5.41) is 22.0. The highest BCUT2D eigenvalue weighted by atomic mass is 16.4. The summed E-state index contributed by atoms with van der Waals surface area (Å²) in [6.07, 6.45) is 2.51. The number of hydrogen-bond acceptors (Lipinski definition) is 5. The first-order valence-corrected chi connectivity index (χ1v) is 6.18. The summed E-state index contributed by atoms with van der Waals surface area (Å²) in [5.74, 6) is -0.718. The summed E-state index contributed by atoms with van der Waals surface area (Å²) in [6.45, 7) is 2.91. The molecule has 1 aromatic heterocycles. The second kappa shape index (κ2) is 5.79. The van der Waals surface area contributed by atoms with Crippen LogP contribution in [0.3, 0.4) is 0 Å². The minimum absolute atomic E-state index is 0.0576. The van der Waals surface area contributed by atoms with Crippen LogP contribution in [0.5, 0.6) is 0 Å². The van der Waals surface area contributed by atoms with Crippen LogP contribution in [0.15, 0.2) is 6.20 Å². The van der Waals surface area contributed by atoms with Gasteiger partial charge >= 0.3 is 5.97 Å². The summed E-state index contributed by atoms with van der Waals surface area (Å²) in [7, 11) is 0. The Labute approximate surface area is 110 Å². The standard InChI is InChI=1S/C11H17N5O3/c1-7-2-3-12-10(7)11(19)13-4-8-5-16(15-14-8)6-9(17)18/h5,7,10,12H,2-4,6H2,1H3,(H,13,19)(H,17,18). The molecule has 1 fully saturated rings. The summed E-state index contributed by atoms with van der Waals surface area (Å²) < 4.78 is 1.22. The van der Waals surface area contributed by atoms with Gasteiger partial charge in [0.15, 0.2) is 0 Å². The maximum Gasteiger partial charge on any atom is 0.325 e. The van der Waals surface area contributed by atoms with Crippen LogP contribution >= 0.6 is 0 Å². The van der Waals surface area contributed by atoms with Crippen LogP contribution < -0.4 is 10.6 Å². The van der Waals surface area contributed by atoms with Gasteiger partial charge in [-0.15, -0.1) is 5.10 Å². The minimum atomic E-state index is -0.982. The third-order valence-corrected chi connectivity index (χ3v) is 3.14. The van der Waals surface area contributed by atoms with E-state index in [-0.39, 0.29) is 25.0 Å². The zero-order valence-corrected chi connectivity index (χ0v) is 10.7. The van der Waals surface area contributed by atoms with E-state index in [0.717, 1.165) is 13.0 Å². The van der Waals surface area contributed by atoms with Crippen molar-refractivity contribution in [2.75, 3.05) is 6.54 Å². The van der Waals surface area contributed by atoms with Crippen LogP contribution in [-0.4, -0.2) is 44.6 Å². The maximum atomic E-state index is 11.9. The highest BCUT2D eigenvalue weighted by Crippen LogP contribution is 2.14. The molecule has 1 amide bonds. The third kappa shape index (κ3) is 3.50. The van der Waals surface area contributed by atoms with Crippen LogP contribution in [0.1, 0.15) is 19.0 Å². The fourth-order valence-corrected chi connectivity index (χ4v) is 2.11. The highest BCUT2D eigenvalue weighted by Gasteiger charge is 2.28. The number of aromatic nitrogens is 3. The zero-order chi connectivity index (χ0) is 13.8. The van der Waals surface area contributed by atoms with E-state index < -0.39 is 5.97 Å². The van der Waals surface area contributed by atoms with Gasteiger partial charge in [0.25, 0.3) is 0 Å². The van der Waals surface area contributed by atoms with E-state index in [1.165, 1.54) is 10.9 Å². The lowest BCUT2D eigenvalue weighted by atomic mass is 10.0. The number of aliphatic carboxylic acids is 1. The predicted molar refractivity (Wildman–Crippen MR) is 65.1 cm³/mol. The number of nitrogens with one attached hydrogen (secondary N) is 2. The summed E-state index contributed by atoms with van der Waals surface area (Å²) >= 11 is 0. The highest BCUT2D eigenvalue weighted by molar-refractivity contribution is 5.82. The number of carboxylic acid groups (broad SMARTS) is 1. The van der Waals surface area contributed by atoms with E-state index >= 15 is 0 Å². The quantitative estimate of drug-likeness (QED) is 0.630. The molecule has 2 unspecified atom stereocenters. The van der Waals surface area contributed by atoms with Crippen molar-refractivity contribution in [2.24, 2.45) is 5.92 Å². The number of hydrogen-bond donors (Lipinski definition) is 3. The topological polar surface area (TPSA) is 109 Å². The lowest BCUT2D eigenvalue weighted by Gasteiger charge is -2.14. The normalized spacial score (nSPS) is 22.4. The largest absolute Gasteiger partial charge is 0.480 e. The van der Waals surface area contributed by atoms with Crippen molar-refractivity contribution >= 4 is 11.9 Å². The molecule has 1 aromatic rings. The molecule has 19 heavy (non-hydrogen) atoms. The molecule has 0 saturated carbocycles. The third-order valence-electron chi connectivity index (χ3n) is 3.14. The number of nitrogens with zero attached hydrogens (tertiary/aromatic N) is 3. The first kappa shape index (κ1) is 13.5. The lowest BCUT2D eigenvalue weighted by Crippen LogP contribution is -2.42. The molecule has 2 heterocycles. The first-order valence-electron chi connectivity index (χ1n) is 6.18. The smallest absolute Gasteiger partial charge is 0.325 e. The van der Waals surface area contributed by atoms with Gasteiger partial charge in [-0.3, -0.25) is 9.59 Å². The minimum Gasteiger partial charge on any atom is -0.480 e. The van der Waals surface area contributed by atoms with E-state index in [2.05, 4.69) is 20.9 Å². The molecule has 3 N–H and O–H groups in total. The average molecular weight is 267 g/mol. The number of rotatable bonds is 5. The summed E-state index contributed by atoms with van der Waals surface area (Å²) in [4.78, 5) is 22.4. The molecule has 8 heteroatoms. The lowest BCUT2D eigenvalue weighted by molar-refractivity contribution is -0.138. The molecule has 1 aliphatic rings. The summed E-state index contributed by atoms with van der Waals surface area (Å²) in [6, 6.07) is -0.158. The van der Waals surface area contributed by atoms with Crippen molar-refractivity contribution in [3.8, 4) is 0 Å². The van der Waals surface area contributed by atoms with E-state index in [1.807, 2.05) is 6.92 Å². The Morgan fingerprint density at radius 2 is 2.42 bits per heavy atom. The zero-order valence-electron chi connectivity index (χ0n) is 10.7. The summed E-state index contributed by atoms with van der Waals surface area (Å²) in [5.41, 5.74) is 0.542. The SMILES string of the molecule is CC1CCNC1C(=O)NCc1cn(CC(=O)O)nn1. The molecular weight excluding hydrogens is 250 g/mol. The van der Waals surface area contributed by atoms with Gasteiger partial charge in [0, 0.05) is 0 Å². The molecule has 8 nitrogen and oxygen atoms in total. The van der Waals surface area contributed by atoms with Gasteiger partial charge in [-0.05, 0) is 18.9 Å². The van der Waals surface area contributed by atoms with Crippen LogP contribution in [-0.2, 0) is 22.7 Å². The second-order valence-electron chi connectivity index (χ2n) is 4.72. The van der Waals surface area contributed by atoms with Gasteiger partial charge < -0.3 is 15.7 Å². The fourth-order valence-electron chi connectivity index (χ4n) is 2.11. The monoisotopic (exact) mass is 267 g/mol. The Morgan fingerprint density at radius 1 is 1.63 bits per heavy atom. The molecule has 0 aliphatic carbocycles. The molecule has 0 bridgehead atoms. The first-order chi connectivity index (χ1) is 9.06. The van der Waals surface area contributed by atoms with Crippen molar-refractivity contribution in [1.82, 2.24) is 25.6 Å². The second-order valence-corrected chi connectivity index (χ2v) is 4.72. The molecule has 0 aromatic carbocycles. The van der Waals surface area contributed by atoms with Crippen molar-refractivity contribution in [1.29, 1.82) is 0 Å². The molecular formula is C11H17N5O3. The Kier molecular flexibility index (Phi) is 4.10. The molecule has 104 valence electrons. The van der Waals surface area contributed by atoms with Crippen LogP contribution in [0, 0.1) is 5.92 Å². The van der Waals surface area contributed by atoms with Gasteiger partial charge in [0.1, 0.15) is 12.2 Å². The number of carbonyl (C=O) groups is 2. The molecule has 1 aliphatic heterocycles. The van der Waals surface area contributed by atoms with Gasteiger partial charge in [-0.25, -0.2) is 4.68 Å². The number of amides is 1. The molecule has 0 spiro atoms. The fraction of sp³-hybridized carbons (Fsp3) is 0.636. The van der Waals surface area contributed by atoms with Gasteiger partial charge in [0.05, 0.1) is 18.8 Å². The van der Waals surface area contributed by atoms with Crippen molar-refractivity contribution < 1.29 is 14.7 Å². The van der Waals surface area contributed by atoms with Crippen LogP contribution in [0.2, 0.25) is 0 Å². The predicted octanol–water partition coefficient (Wildman–Crippen LogP) is -1.02. The molecule has 2 rings (SSSR count). The van der Waals surface area contributed by atoms with Crippen molar-refractivity contribution in [3.63, 3.8) is 0 Å². The van der Waals surface area contributed by atoms with Crippen molar-refractivity contribution in [2.45, 2.75) is 32.5 Å².